The highest BCUT2D eigenvalue weighted by Crippen LogP contribution is 2.41. The van der Waals surface area contributed by atoms with Crippen LogP contribution in [0.1, 0.15) is 44.1 Å². The number of halogens is 1. The Morgan fingerprint density at radius 3 is 2.81 bits per heavy atom. The lowest BCUT2D eigenvalue weighted by Gasteiger charge is -2.29. The molecule has 1 aromatic carbocycles. The largest absolute Gasteiger partial charge is 0.376 e. The summed E-state index contributed by atoms with van der Waals surface area (Å²) in [6.45, 7) is 1.35. The monoisotopic (exact) mass is 291 g/mol. The lowest BCUT2D eigenvalue weighted by molar-refractivity contribution is -0.127. The Balaban J connectivity index is 1.75. The molecule has 1 saturated heterocycles. The van der Waals surface area contributed by atoms with Gasteiger partial charge in [0, 0.05) is 13.2 Å². The molecule has 1 aliphatic heterocycles. The minimum Gasteiger partial charge on any atom is -0.376 e. The standard InChI is InChI=1S/C17H22FNO2/c18-14-6-3-5-13(11-14)17(8-1-2-9-17)16(20)19-12-15-7-4-10-21-15/h3,5-6,11,15H,1-2,4,7-10,12H2,(H,19,20). The van der Waals surface area contributed by atoms with Crippen LogP contribution < -0.4 is 5.32 Å². The van der Waals surface area contributed by atoms with Crippen molar-refractivity contribution in [3.63, 3.8) is 0 Å². The van der Waals surface area contributed by atoms with Crippen LogP contribution in [-0.4, -0.2) is 25.2 Å². The number of carbonyl (C=O) groups is 1. The van der Waals surface area contributed by atoms with Crippen LogP contribution in [0.3, 0.4) is 0 Å². The molecule has 0 spiro atoms. The van der Waals surface area contributed by atoms with Gasteiger partial charge in [0.1, 0.15) is 5.82 Å². The van der Waals surface area contributed by atoms with Gasteiger partial charge in [-0.2, -0.15) is 0 Å². The normalized spacial score (nSPS) is 24.1. The minimum absolute atomic E-state index is 0.0288. The summed E-state index contributed by atoms with van der Waals surface area (Å²) in [5, 5.41) is 3.04. The van der Waals surface area contributed by atoms with Crippen molar-refractivity contribution in [3.05, 3.63) is 35.6 Å². The fraction of sp³-hybridized carbons (Fsp3) is 0.588. The second-order valence-electron chi connectivity index (χ2n) is 6.14. The van der Waals surface area contributed by atoms with Gasteiger partial charge in [0.25, 0.3) is 0 Å². The first kappa shape index (κ1) is 14.5. The highest BCUT2D eigenvalue weighted by molar-refractivity contribution is 5.88. The number of hydrogen-bond acceptors (Lipinski definition) is 2. The molecule has 1 aliphatic carbocycles. The Kier molecular flexibility index (Phi) is 4.24. The van der Waals surface area contributed by atoms with E-state index >= 15 is 0 Å². The number of hydrogen-bond donors (Lipinski definition) is 1. The molecule has 1 N–H and O–H groups in total. The first-order valence-electron chi connectivity index (χ1n) is 7.87. The Labute approximate surface area is 124 Å². The predicted octanol–water partition coefficient (Wildman–Crippen LogP) is 2.93. The Morgan fingerprint density at radius 1 is 1.33 bits per heavy atom. The molecule has 1 unspecified atom stereocenters. The zero-order valence-electron chi connectivity index (χ0n) is 12.2. The summed E-state index contributed by atoms with van der Waals surface area (Å²) in [6.07, 6.45) is 5.85. The molecule has 114 valence electrons. The second-order valence-corrected chi connectivity index (χ2v) is 6.14. The summed E-state index contributed by atoms with van der Waals surface area (Å²) in [5.41, 5.74) is 0.255. The van der Waals surface area contributed by atoms with Crippen LogP contribution in [0, 0.1) is 5.82 Å². The molecular formula is C17H22FNO2. The number of ether oxygens (including phenoxy) is 1. The molecule has 0 radical (unpaired) electrons. The minimum atomic E-state index is -0.555. The van der Waals surface area contributed by atoms with Gasteiger partial charge in [0.15, 0.2) is 0 Å². The van der Waals surface area contributed by atoms with Gasteiger partial charge < -0.3 is 10.1 Å². The smallest absolute Gasteiger partial charge is 0.230 e. The lowest BCUT2D eigenvalue weighted by Crippen LogP contribution is -2.45. The van der Waals surface area contributed by atoms with E-state index in [1.807, 2.05) is 6.07 Å². The van der Waals surface area contributed by atoms with E-state index in [1.54, 1.807) is 6.07 Å². The van der Waals surface area contributed by atoms with Crippen molar-refractivity contribution < 1.29 is 13.9 Å². The molecular weight excluding hydrogens is 269 g/mol. The molecule has 21 heavy (non-hydrogen) atoms. The van der Waals surface area contributed by atoms with E-state index in [0.717, 1.165) is 50.7 Å². The van der Waals surface area contributed by atoms with Crippen molar-refractivity contribution in [2.24, 2.45) is 0 Å². The topological polar surface area (TPSA) is 38.3 Å². The third-order valence-corrected chi connectivity index (χ3v) is 4.78. The summed E-state index contributed by atoms with van der Waals surface area (Å²) < 4.78 is 19.1. The van der Waals surface area contributed by atoms with Crippen molar-refractivity contribution in [1.82, 2.24) is 5.32 Å². The molecule has 0 bridgehead atoms. The third-order valence-electron chi connectivity index (χ3n) is 4.78. The second kappa shape index (κ2) is 6.14. The van der Waals surface area contributed by atoms with Crippen molar-refractivity contribution in [1.29, 1.82) is 0 Å². The number of rotatable bonds is 4. The van der Waals surface area contributed by atoms with Crippen LogP contribution in [0.5, 0.6) is 0 Å². The van der Waals surface area contributed by atoms with Crippen molar-refractivity contribution in [3.8, 4) is 0 Å². The predicted molar refractivity (Wildman–Crippen MR) is 78.5 cm³/mol. The maximum Gasteiger partial charge on any atom is 0.230 e. The highest BCUT2D eigenvalue weighted by Gasteiger charge is 2.42. The zero-order valence-corrected chi connectivity index (χ0v) is 12.2. The SMILES string of the molecule is O=C(NCC1CCCO1)C1(c2cccc(F)c2)CCCC1. The van der Waals surface area contributed by atoms with E-state index in [0.29, 0.717) is 6.54 Å². The molecule has 4 heteroatoms. The Morgan fingerprint density at radius 2 is 2.14 bits per heavy atom. The van der Waals surface area contributed by atoms with Crippen LogP contribution >= 0.6 is 0 Å². The van der Waals surface area contributed by atoms with Gasteiger partial charge in [-0.25, -0.2) is 4.39 Å². The first-order valence-corrected chi connectivity index (χ1v) is 7.87. The van der Waals surface area contributed by atoms with E-state index in [1.165, 1.54) is 12.1 Å². The van der Waals surface area contributed by atoms with Crippen LogP contribution in [0.25, 0.3) is 0 Å². The van der Waals surface area contributed by atoms with Crippen molar-refractivity contribution in [2.75, 3.05) is 13.2 Å². The molecule has 1 saturated carbocycles. The number of benzene rings is 1. The summed E-state index contributed by atoms with van der Waals surface area (Å²) in [4.78, 5) is 12.7. The maximum absolute atomic E-state index is 13.5. The fourth-order valence-corrected chi connectivity index (χ4v) is 3.59. The molecule has 2 fully saturated rings. The summed E-state index contributed by atoms with van der Waals surface area (Å²) in [6, 6.07) is 6.51. The van der Waals surface area contributed by atoms with Gasteiger partial charge in [-0.3, -0.25) is 4.79 Å². The number of nitrogens with one attached hydrogen (secondary N) is 1. The summed E-state index contributed by atoms with van der Waals surface area (Å²) in [5.74, 6) is -0.244. The number of carbonyl (C=O) groups excluding carboxylic acids is 1. The van der Waals surface area contributed by atoms with E-state index in [-0.39, 0.29) is 17.8 Å². The van der Waals surface area contributed by atoms with Gasteiger partial charge in [0.2, 0.25) is 5.91 Å². The van der Waals surface area contributed by atoms with Crippen molar-refractivity contribution >= 4 is 5.91 Å². The molecule has 1 aromatic rings. The lowest BCUT2D eigenvalue weighted by atomic mass is 9.78. The van der Waals surface area contributed by atoms with Crippen LogP contribution in [0.2, 0.25) is 0 Å². The molecule has 2 aliphatic rings. The first-order chi connectivity index (χ1) is 10.2. The molecule has 3 rings (SSSR count). The van der Waals surface area contributed by atoms with Gasteiger partial charge in [-0.15, -0.1) is 0 Å². The Bertz CT molecular complexity index is 505. The van der Waals surface area contributed by atoms with E-state index in [4.69, 9.17) is 4.74 Å². The summed E-state index contributed by atoms with van der Waals surface area (Å²) >= 11 is 0. The van der Waals surface area contributed by atoms with E-state index in [9.17, 15) is 9.18 Å². The van der Waals surface area contributed by atoms with E-state index in [2.05, 4.69) is 5.32 Å². The molecule has 3 nitrogen and oxygen atoms in total. The zero-order chi connectivity index (χ0) is 14.7. The summed E-state index contributed by atoms with van der Waals surface area (Å²) in [7, 11) is 0. The quantitative estimate of drug-likeness (QED) is 0.926. The van der Waals surface area contributed by atoms with E-state index < -0.39 is 5.41 Å². The Hall–Kier alpha value is -1.42. The average Bonchev–Trinajstić information content (AvgIpc) is 3.17. The van der Waals surface area contributed by atoms with Crippen LogP contribution in [-0.2, 0) is 14.9 Å². The van der Waals surface area contributed by atoms with Crippen molar-refractivity contribution in [2.45, 2.75) is 50.0 Å². The van der Waals surface area contributed by atoms with Gasteiger partial charge >= 0.3 is 0 Å². The highest BCUT2D eigenvalue weighted by atomic mass is 19.1. The molecule has 1 heterocycles. The molecule has 0 aromatic heterocycles. The average molecular weight is 291 g/mol. The van der Waals surface area contributed by atoms with Gasteiger partial charge in [0.05, 0.1) is 11.5 Å². The fourth-order valence-electron chi connectivity index (χ4n) is 3.59. The maximum atomic E-state index is 13.5. The van der Waals surface area contributed by atoms with Crippen LogP contribution in [0.4, 0.5) is 4.39 Å². The van der Waals surface area contributed by atoms with Gasteiger partial charge in [-0.1, -0.05) is 25.0 Å². The van der Waals surface area contributed by atoms with Crippen LogP contribution in [0.15, 0.2) is 24.3 Å². The number of amides is 1. The molecule has 1 amide bonds. The molecule has 1 atom stereocenters. The third kappa shape index (κ3) is 2.95. The van der Waals surface area contributed by atoms with Gasteiger partial charge in [-0.05, 0) is 43.4 Å².